The van der Waals surface area contributed by atoms with Crippen LogP contribution in [0.1, 0.15) is 18.1 Å². The highest BCUT2D eigenvalue weighted by Crippen LogP contribution is 2.15. The molecule has 0 aliphatic heterocycles. The lowest BCUT2D eigenvalue weighted by Crippen LogP contribution is -2.27. The highest BCUT2D eigenvalue weighted by molar-refractivity contribution is 7.89. The Morgan fingerprint density at radius 3 is 2.71 bits per heavy atom. The van der Waals surface area contributed by atoms with Crippen molar-refractivity contribution in [2.24, 2.45) is 0 Å². The van der Waals surface area contributed by atoms with Crippen molar-refractivity contribution in [1.29, 1.82) is 0 Å². The standard InChI is InChI=1S/C15H20N2O2S2/c1-2-16-11-14-5-3-4-6-15(14)21(18,19)17-9-7-13-8-10-20-12-13/h3-6,8,10,12,16-17H,2,7,9,11H2,1H3. The lowest BCUT2D eigenvalue weighted by atomic mass is 10.2. The van der Waals surface area contributed by atoms with Gasteiger partial charge in [-0.15, -0.1) is 0 Å². The summed E-state index contributed by atoms with van der Waals surface area (Å²) in [5.74, 6) is 0. The molecule has 4 nitrogen and oxygen atoms in total. The van der Waals surface area contributed by atoms with Gasteiger partial charge in [0.15, 0.2) is 0 Å². The predicted octanol–water partition coefficient (Wildman–Crippen LogP) is 2.38. The second kappa shape index (κ2) is 7.70. The normalized spacial score (nSPS) is 11.7. The third-order valence-electron chi connectivity index (χ3n) is 3.11. The van der Waals surface area contributed by atoms with Crippen LogP contribution < -0.4 is 10.0 Å². The fraction of sp³-hybridized carbons (Fsp3) is 0.333. The molecular weight excluding hydrogens is 304 g/mol. The maximum atomic E-state index is 12.4. The van der Waals surface area contributed by atoms with Gasteiger partial charge >= 0.3 is 0 Å². The summed E-state index contributed by atoms with van der Waals surface area (Å²) in [4.78, 5) is 0.358. The number of hydrogen-bond donors (Lipinski definition) is 2. The van der Waals surface area contributed by atoms with Gasteiger partial charge in [-0.25, -0.2) is 13.1 Å². The molecule has 1 aromatic carbocycles. The van der Waals surface area contributed by atoms with Gasteiger partial charge in [-0.2, -0.15) is 11.3 Å². The molecule has 6 heteroatoms. The molecule has 0 radical (unpaired) electrons. The third-order valence-corrected chi connectivity index (χ3v) is 5.41. The van der Waals surface area contributed by atoms with Crippen LogP contribution >= 0.6 is 11.3 Å². The lowest BCUT2D eigenvalue weighted by molar-refractivity contribution is 0.579. The van der Waals surface area contributed by atoms with Crippen LogP contribution in [0.5, 0.6) is 0 Å². The van der Waals surface area contributed by atoms with Crippen molar-refractivity contribution in [3.63, 3.8) is 0 Å². The molecule has 21 heavy (non-hydrogen) atoms. The van der Waals surface area contributed by atoms with Crippen LogP contribution in [-0.2, 0) is 23.0 Å². The zero-order valence-corrected chi connectivity index (χ0v) is 13.6. The molecule has 2 aromatic rings. The molecule has 114 valence electrons. The molecule has 0 aliphatic rings. The van der Waals surface area contributed by atoms with Crippen molar-refractivity contribution < 1.29 is 8.42 Å². The highest BCUT2D eigenvalue weighted by Gasteiger charge is 2.17. The summed E-state index contributed by atoms with van der Waals surface area (Å²) in [6.45, 7) is 3.77. The first-order valence-corrected chi connectivity index (χ1v) is 9.35. The Morgan fingerprint density at radius 1 is 1.19 bits per heavy atom. The smallest absolute Gasteiger partial charge is 0.240 e. The molecule has 0 fully saturated rings. The van der Waals surface area contributed by atoms with E-state index in [1.165, 1.54) is 0 Å². The molecule has 2 N–H and O–H groups in total. The summed E-state index contributed by atoms with van der Waals surface area (Å²) in [6.07, 6.45) is 0.706. The van der Waals surface area contributed by atoms with E-state index in [1.54, 1.807) is 23.5 Å². The Hall–Kier alpha value is -1.21. The fourth-order valence-electron chi connectivity index (χ4n) is 2.01. The highest BCUT2D eigenvalue weighted by atomic mass is 32.2. The zero-order valence-electron chi connectivity index (χ0n) is 12.0. The molecule has 0 spiro atoms. The molecule has 0 atom stereocenters. The van der Waals surface area contributed by atoms with Gasteiger partial charge in [0.1, 0.15) is 0 Å². The summed E-state index contributed by atoms with van der Waals surface area (Å²) in [6, 6.07) is 9.12. The van der Waals surface area contributed by atoms with E-state index in [0.717, 1.165) is 17.7 Å². The van der Waals surface area contributed by atoms with Crippen LogP contribution in [0.25, 0.3) is 0 Å². The average molecular weight is 324 g/mol. The van der Waals surface area contributed by atoms with E-state index in [4.69, 9.17) is 0 Å². The summed E-state index contributed by atoms with van der Waals surface area (Å²) < 4.78 is 27.5. The molecule has 2 rings (SSSR count). The number of hydrogen-bond acceptors (Lipinski definition) is 4. The third kappa shape index (κ3) is 4.64. The van der Waals surface area contributed by atoms with Gasteiger partial charge in [-0.1, -0.05) is 25.1 Å². The van der Waals surface area contributed by atoms with E-state index in [0.29, 0.717) is 24.4 Å². The van der Waals surface area contributed by atoms with Gasteiger partial charge in [0.2, 0.25) is 10.0 Å². The van der Waals surface area contributed by atoms with Gasteiger partial charge in [0, 0.05) is 13.1 Å². The maximum absolute atomic E-state index is 12.4. The van der Waals surface area contributed by atoms with Crippen LogP contribution in [0.2, 0.25) is 0 Å². The van der Waals surface area contributed by atoms with Gasteiger partial charge in [0.05, 0.1) is 4.90 Å². The van der Waals surface area contributed by atoms with Gasteiger partial charge in [0.25, 0.3) is 0 Å². The Morgan fingerprint density at radius 2 is 2.00 bits per heavy atom. The Kier molecular flexibility index (Phi) is 5.93. The van der Waals surface area contributed by atoms with Crippen molar-refractivity contribution in [1.82, 2.24) is 10.0 Å². The Balaban J connectivity index is 2.04. The number of sulfonamides is 1. The van der Waals surface area contributed by atoms with Crippen LogP contribution in [0.15, 0.2) is 46.0 Å². The van der Waals surface area contributed by atoms with E-state index < -0.39 is 10.0 Å². The minimum absolute atomic E-state index is 0.358. The van der Waals surface area contributed by atoms with Crippen molar-refractivity contribution in [2.75, 3.05) is 13.1 Å². The SMILES string of the molecule is CCNCc1ccccc1S(=O)(=O)NCCc1ccsc1. The molecule has 0 unspecified atom stereocenters. The van der Waals surface area contributed by atoms with Crippen molar-refractivity contribution in [3.8, 4) is 0 Å². The summed E-state index contributed by atoms with van der Waals surface area (Å²) in [5.41, 5.74) is 1.95. The molecule has 1 aromatic heterocycles. The summed E-state index contributed by atoms with van der Waals surface area (Å²) >= 11 is 1.62. The van der Waals surface area contributed by atoms with Crippen molar-refractivity contribution in [3.05, 3.63) is 52.2 Å². The molecule has 0 amide bonds. The molecule has 0 saturated heterocycles. The van der Waals surface area contributed by atoms with Crippen LogP contribution in [0, 0.1) is 0 Å². The Bertz CT molecular complexity index is 652. The van der Waals surface area contributed by atoms with E-state index >= 15 is 0 Å². The van der Waals surface area contributed by atoms with Gasteiger partial charge in [-0.3, -0.25) is 0 Å². The van der Waals surface area contributed by atoms with Gasteiger partial charge in [-0.05, 0) is 47.0 Å². The topological polar surface area (TPSA) is 58.2 Å². The maximum Gasteiger partial charge on any atom is 0.240 e. The van der Waals surface area contributed by atoms with Crippen LogP contribution in [-0.4, -0.2) is 21.5 Å². The van der Waals surface area contributed by atoms with Crippen LogP contribution in [0.3, 0.4) is 0 Å². The van der Waals surface area contributed by atoms with Crippen LogP contribution in [0.4, 0.5) is 0 Å². The van der Waals surface area contributed by atoms with Crippen molar-refractivity contribution in [2.45, 2.75) is 24.8 Å². The first-order chi connectivity index (χ1) is 10.1. The van der Waals surface area contributed by atoms with E-state index in [-0.39, 0.29) is 0 Å². The zero-order chi connectivity index (χ0) is 15.1. The largest absolute Gasteiger partial charge is 0.313 e. The number of benzene rings is 1. The van der Waals surface area contributed by atoms with Crippen molar-refractivity contribution >= 4 is 21.4 Å². The summed E-state index contributed by atoms with van der Waals surface area (Å²) in [5, 5.41) is 7.20. The first kappa shape index (κ1) is 16.2. The quantitative estimate of drug-likeness (QED) is 0.784. The minimum atomic E-state index is -3.46. The number of nitrogens with one attached hydrogen (secondary N) is 2. The average Bonchev–Trinajstić information content (AvgIpc) is 2.98. The molecular formula is C15H20N2O2S2. The second-order valence-corrected chi connectivity index (χ2v) is 7.18. The Labute approximate surface area is 130 Å². The van der Waals surface area contributed by atoms with E-state index in [9.17, 15) is 8.42 Å². The molecule has 0 bridgehead atoms. The number of rotatable bonds is 8. The van der Waals surface area contributed by atoms with E-state index in [1.807, 2.05) is 35.9 Å². The second-order valence-electron chi connectivity index (χ2n) is 4.67. The number of thiophene rings is 1. The molecule has 1 heterocycles. The first-order valence-electron chi connectivity index (χ1n) is 6.93. The van der Waals surface area contributed by atoms with E-state index in [2.05, 4.69) is 10.0 Å². The molecule has 0 aliphatic carbocycles. The summed E-state index contributed by atoms with van der Waals surface area (Å²) in [7, 11) is -3.46. The molecule has 0 saturated carbocycles. The fourth-order valence-corrected chi connectivity index (χ4v) is 3.99. The van der Waals surface area contributed by atoms with Gasteiger partial charge < -0.3 is 5.32 Å². The predicted molar refractivity (Wildman–Crippen MR) is 87.0 cm³/mol. The minimum Gasteiger partial charge on any atom is -0.313 e. The lowest BCUT2D eigenvalue weighted by Gasteiger charge is -2.11. The monoisotopic (exact) mass is 324 g/mol.